The zero-order valence-electron chi connectivity index (χ0n) is 12.9. The van der Waals surface area contributed by atoms with E-state index in [-0.39, 0.29) is 5.56 Å². The number of carbonyl (C=O) groups is 1. The molecule has 2 N–H and O–H groups in total. The Morgan fingerprint density at radius 2 is 1.92 bits per heavy atom. The second-order valence-electron chi connectivity index (χ2n) is 5.05. The molecule has 0 fully saturated rings. The summed E-state index contributed by atoms with van der Waals surface area (Å²) < 4.78 is 5.12. The van der Waals surface area contributed by atoms with Crippen molar-refractivity contribution in [2.45, 2.75) is 0 Å². The Morgan fingerprint density at radius 1 is 1.12 bits per heavy atom. The summed E-state index contributed by atoms with van der Waals surface area (Å²) in [5.74, 6) is 0.132. The first-order valence-corrected chi connectivity index (χ1v) is 7.26. The summed E-state index contributed by atoms with van der Waals surface area (Å²) in [6, 6.07) is 12.1. The molecule has 0 aliphatic heterocycles. The van der Waals surface area contributed by atoms with Crippen molar-refractivity contribution in [3.8, 4) is 16.9 Å². The summed E-state index contributed by atoms with van der Waals surface area (Å²) >= 11 is 0. The van der Waals surface area contributed by atoms with Gasteiger partial charge in [-0.2, -0.15) is 0 Å². The predicted molar refractivity (Wildman–Crippen MR) is 91.2 cm³/mol. The van der Waals surface area contributed by atoms with Crippen LogP contribution in [-0.4, -0.2) is 23.0 Å². The average Bonchev–Trinajstić information content (AvgIpc) is 2.63. The van der Waals surface area contributed by atoms with Crippen LogP contribution in [0.3, 0.4) is 0 Å². The first-order valence-electron chi connectivity index (χ1n) is 7.26. The summed E-state index contributed by atoms with van der Waals surface area (Å²) in [4.78, 5) is 31.0. The number of aromatic amines is 1. The van der Waals surface area contributed by atoms with Gasteiger partial charge in [0.25, 0.3) is 11.5 Å². The molecule has 0 saturated heterocycles. The smallest absolute Gasteiger partial charge is 0.261 e. The topological polar surface area (TPSA) is 84.1 Å². The number of carbonyl (C=O) groups excluding carboxylic acids is 1. The van der Waals surface area contributed by atoms with Crippen molar-refractivity contribution in [1.29, 1.82) is 0 Å². The summed E-state index contributed by atoms with van der Waals surface area (Å²) in [5, 5.41) is 2.70. The minimum atomic E-state index is -0.486. The van der Waals surface area contributed by atoms with Gasteiger partial charge >= 0.3 is 0 Å². The molecule has 0 unspecified atom stereocenters. The molecule has 0 aliphatic carbocycles. The van der Waals surface area contributed by atoms with Crippen molar-refractivity contribution < 1.29 is 9.53 Å². The molecule has 6 nitrogen and oxygen atoms in total. The van der Waals surface area contributed by atoms with E-state index in [0.717, 1.165) is 11.1 Å². The van der Waals surface area contributed by atoms with Crippen LogP contribution < -0.4 is 15.6 Å². The van der Waals surface area contributed by atoms with Gasteiger partial charge in [0, 0.05) is 30.3 Å². The van der Waals surface area contributed by atoms with Crippen LogP contribution in [0.4, 0.5) is 5.69 Å². The molecule has 6 heteroatoms. The fourth-order valence-corrected chi connectivity index (χ4v) is 2.26. The average molecular weight is 321 g/mol. The van der Waals surface area contributed by atoms with E-state index >= 15 is 0 Å². The van der Waals surface area contributed by atoms with Gasteiger partial charge in [0.05, 0.1) is 7.11 Å². The van der Waals surface area contributed by atoms with Crippen molar-refractivity contribution in [2.75, 3.05) is 12.4 Å². The largest absolute Gasteiger partial charge is 0.497 e. The third-order valence-corrected chi connectivity index (χ3v) is 3.49. The number of rotatable bonds is 4. The van der Waals surface area contributed by atoms with E-state index in [1.54, 1.807) is 68.2 Å². The first-order chi connectivity index (χ1) is 11.7. The molecular formula is C18H15N3O3. The highest BCUT2D eigenvalue weighted by Gasteiger charge is 2.13. The minimum absolute atomic E-state index is 0.0344. The molecule has 3 aromatic rings. The molecule has 0 saturated carbocycles. The number of anilines is 1. The van der Waals surface area contributed by atoms with Gasteiger partial charge in [-0.05, 0) is 41.5 Å². The molecule has 1 aromatic carbocycles. The fraction of sp³-hybridized carbons (Fsp3) is 0.0556. The Balaban J connectivity index is 1.90. The molecule has 0 bridgehead atoms. The lowest BCUT2D eigenvalue weighted by molar-refractivity contribution is 0.102. The summed E-state index contributed by atoms with van der Waals surface area (Å²) in [6.45, 7) is 0. The van der Waals surface area contributed by atoms with Crippen LogP contribution in [0.1, 0.15) is 10.4 Å². The van der Waals surface area contributed by atoms with Gasteiger partial charge in [-0.15, -0.1) is 0 Å². The molecule has 0 atom stereocenters. The maximum Gasteiger partial charge on any atom is 0.261 e. The van der Waals surface area contributed by atoms with Gasteiger partial charge in [-0.25, -0.2) is 0 Å². The van der Waals surface area contributed by atoms with Crippen molar-refractivity contribution in [2.24, 2.45) is 0 Å². The van der Waals surface area contributed by atoms with E-state index in [4.69, 9.17) is 4.74 Å². The van der Waals surface area contributed by atoms with Gasteiger partial charge in [0.1, 0.15) is 11.3 Å². The lowest BCUT2D eigenvalue weighted by Crippen LogP contribution is -2.23. The molecule has 3 rings (SSSR count). The third kappa shape index (κ3) is 3.33. The van der Waals surface area contributed by atoms with Crippen molar-refractivity contribution in [1.82, 2.24) is 9.97 Å². The minimum Gasteiger partial charge on any atom is -0.497 e. The quantitative estimate of drug-likeness (QED) is 0.774. The molecular weight excluding hydrogens is 306 g/mol. The molecule has 0 aliphatic rings. The number of aromatic nitrogens is 2. The Kier molecular flexibility index (Phi) is 4.38. The van der Waals surface area contributed by atoms with Crippen LogP contribution >= 0.6 is 0 Å². The van der Waals surface area contributed by atoms with Gasteiger partial charge in [-0.1, -0.05) is 6.07 Å². The van der Waals surface area contributed by atoms with Crippen LogP contribution in [0.5, 0.6) is 5.75 Å². The standard InChI is InChI=1S/C18H15N3O3/c1-24-15-4-2-3-14(10-15)21-18(23)16-9-13(11-20-17(16)22)12-5-7-19-8-6-12/h2-11H,1H3,(H,20,22)(H,21,23). The van der Waals surface area contributed by atoms with Crippen LogP contribution in [0, 0.1) is 0 Å². The van der Waals surface area contributed by atoms with E-state index in [2.05, 4.69) is 15.3 Å². The second kappa shape index (κ2) is 6.78. The first kappa shape index (κ1) is 15.5. The number of H-pyrrole nitrogens is 1. The molecule has 1 amide bonds. The normalized spacial score (nSPS) is 10.2. The van der Waals surface area contributed by atoms with E-state index in [1.165, 1.54) is 0 Å². The number of nitrogens with zero attached hydrogens (tertiary/aromatic N) is 1. The lowest BCUT2D eigenvalue weighted by Gasteiger charge is -2.08. The summed E-state index contributed by atoms with van der Waals surface area (Å²) in [7, 11) is 1.55. The van der Waals surface area contributed by atoms with Gasteiger partial charge in [0.15, 0.2) is 0 Å². The number of hydrogen-bond donors (Lipinski definition) is 2. The Labute approximate surface area is 138 Å². The van der Waals surface area contributed by atoms with Crippen molar-refractivity contribution in [3.63, 3.8) is 0 Å². The van der Waals surface area contributed by atoms with Crippen LogP contribution in [0.25, 0.3) is 11.1 Å². The Bertz CT molecular complexity index is 920. The van der Waals surface area contributed by atoms with Gasteiger partial charge in [-0.3, -0.25) is 14.6 Å². The molecule has 120 valence electrons. The Hall–Kier alpha value is -3.41. The fourth-order valence-electron chi connectivity index (χ4n) is 2.26. The van der Waals surface area contributed by atoms with Crippen LogP contribution in [0.15, 0.2) is 65.8 Å². The highest BCUT2D eigenvalue weighted by Crippen LogP contribution is 2.19. The van der Waals surface area contributed by atoms with Gasteiger partial charge < -0.3 is 15.0 Å². The van der Waals surface area contributed by atoms with Crippen LogP contribution in [-0.2, 0) is 0 Å². The number of nitrogens with one attached hydrogen (secondary N) is 2. The van der Waals surface area contributed by atoms with E-state index in [1.807, 2.05) is 0 Å². The van der Waals surface area contributed by atoms with E-state index in [9.17, 15) is 9.59 Å². The highest BCUT2D eigenvalue weighted by molar-refractivity contribution is 6.04. The van der Waals surface area contributed by atoms with E-state index < -0.39 is 11.5 Å². The molecule has 0 spiro atoms. The van der Waals surface area contributed by atoms with Crippen molar-refractivity contribution in [3.05, 3.63) is 77.0 Å². The number of benzene rings is 1. The molecule has 2 aromatic heterocycles. The molecule has 24 heavy (non-hydrogen) atoms. The zero-order chi connectivity index (χ0) is 16.9. The van der Waals surface area contributed by atoms with E-state index in [0.29, 0.717) is 11.4 Å². The summed E-state index contributed by atoms with van der Waals surface area (Å²) in [5.41, 5.74) is 1.72. The number of methoxy groups -OCH3 is 1. The molecule has 0 radical (unpaired) electrons. The monoisotopic (exact) mass is 321 g/mol. The molecule has 2 heterocycles. The maximum atomic E-state index is 12.4. The predicted octanol–water partition coefficient (Wildman–Crippen LogP) is 2.70. The number of hydrogen-bond acceptors (Lipinski definition) is 4. The maximum absolute atomic E-state index is 12.4. The second-order valence-corrected chi connectivity index (χ2v) is 5.05. The van der Waals surface area contributed by atoms with Gasteiger partial charge in [0.2, 0.25) is 0 Å². The third-order valence-electron chi connectivity index (χ3n) is 3.49. The van der Waals surface area contributed by atoms with Crippen molar-refractivity contribution >= 4 is 11.6 Å². The zero-order valence-corrected chi connectivity index (χ0v) is 12.9. The number of pyridine rings is 2. The highest BCUT2D eigenvalue weighted by atomic mass is 16.5. The SMILES string of the molecule is COc1cccc(NC(=O)c2cc(-c3ccncc3)c[nH]c2=O)c1. The lowest BCUT2D eigenvalue weighted by atomic mass is 10.1. The summed E-state index contributed by atoms with van der Waals surface area (Å²) in [6.07, 6.45) is 4.87. The number of ether oxygens (including phenoxy) is 1. The van der Waals surface area contributed by atoms with Crippen LogP contribution in [0.2, 0.25) is 0 Å². The number of amides is 1. The Morgan fingerprint density at radius 3 is 2.67 bits per heavy atom.